The molecule has 1 aromatic carbocycles. The van der Waals surface area contributed by atoms with E-state index in [9.17, 15) is 20.4 Å². The number of ether oxygens (including phenoxy) is 5. The van der Waals surface area contributed by atoms with Crippen LogP contribution in [0.15, 0.2) is 43.0 Å². The fraction of sp³-hybridized carbons (Fsp3) is 0.652. The third-order valence-electron chi connectivity index (χ3n) is 6.45. The van der Waals surface area contributed by atoms with Crippen molar-refractivity contribution in [2.45, 2.75) is 74.8 Å². The second-order valence-electron chi connectivity index (χ2n) is 8.57. The van der Waals surface area contributed by atoms with E-state index in [1.807, 2.05) is 37.3 Å². The maximum Gasteiger partial charge on any atom is 0.187 e. The highest BCUT2D eigenvalue weighted by Crippen LogP contribution is 2.39. The summed E-state index contributed by atoms with van der Waals surface area (Å²) in [6.45, 7) is 5.52. The molecule has 3 aliphatic rings. The van der Waals surface area contributed by atoms with Crippen LogP contribution in [0.1, 0.15) is 25.2 Å². The lowest BCUT2D eigenvalue weighted by atomic mass is 9.85. The second-order valence-corrected chi connectivity index (χ2v) is 8.57. The first-order valence-corrected chi connectivity index (χ1v) is 11.0. The van der Waals surface area contributed by atoms with Crippen molar-refractivity contribution in [3.63, 3.8) is 0 Å². The first-order valence-electron chi connectivity index (χ1n) is 11.0. The Morgan fingerprint density at radius 3 is 2.47 bits per heavy atom. The van der Waals surface area contributed by atoms with E-state index in [0.717, 1.165) is 5.56 Å². The Kier molecular flexibility index (Phi) is 7.61. The fourth-order valence-corrected chi connectivity index (χ4v) is 4.57. The van der Waals surface area contributed by atoms with E-state index in [2.05, 4.69) is 6.58 Å². The van der Waals surface area contributed by atoms with E-state index in [1.54, 1.807) is 6.08 Å². The summed E-state index contributed by atoms with van der Waals surface area (Å²) in [4.78, 5) is 0. The highest BCUT2D eigenvalue weighted by molar-refractivity contribution is 5.16. The normalized spacial score (nSPS) is 44.6. The molecule has 0 aliphatic carbocycles. The van der Waals surface area contributed by atoms with Gasteiger partial charge in [0.05, 0.1) is 25.4 Å². The quantitative estimate of drug-likeness (QED) is 0.450. The average Bonchev–Trinajstić information content (AvgIpc) is 2.82. The largest absolute Gasteiger partial charge is 0.394 e. The maximum absolute atomic E-state index is 10.5. The van der Waals surface area contributed by atoms with Crippen molar-refractivity contribution in [3.8, 4) is 0 Å². The molecule has 8 unspecified atom stereocenters. The molecular formula is C23H32O9. The standard InChI is InChI=1S/C23H32O9/c1-3-7-14-12(2)20(31-23-19(27)18(26)17(25)15(10-24)30-23)21-16(29-14)11-28-22(32-21)13-8-5-4-6-9-13/h3-6,8-9,12,14-27H,1,7,10-11H2,2H3/t12-,14+,15?,16+,17?,18?,19?,20?,21?,22?,23?/m0/s1. The third-order valence-corrected chi connectivity index (χ3v) is 6.45. The zero-order valence-electron chi connectivity index (χ0n) is 18.0. The number of benzene rings is 1. The summed E-state index contributed by atoms with van der Waals surface area (Å²) in [6, 6.07) is 9.52. The van der Waals surface area contributed by atoms with Crippen LogP contribution in [0.25, 0.3) is 0 Å². The van der Waals surface area contributed by atoms with Gasteiger partial charge >= 0.3 is 0 Å². The lowest BCUT2D eigenvalue weighted by Gasteiger charge is -2.50. The van der Waals surface area contributed by atoms with Gasteiger partial charge in [0, 0.05) is 11.5 Å². The Bertz CT molecular complexity index is 744. The highest BCUT2D eigenvalue weighted by Gasteiger charge is 2.52. The highest BCUT2D eigenvalue weighted by atomic mass is 16.7. The number of hydrogen-bond donors (Lipinski definition) is 4. The van der Waals surface area contributed by atoms with Crippen molar-refractivity contribution in [2.24, 2.45) is 5.92 Å². The minimum Gasteiger partial charge on any atom is -0.394 e. The number of aliphatic hydroxyl groups excluding tert-OH is 4. The molecule has 3 fully saturated rings. The Morgan fingerprint density at radius 1 is 1.03 bits per heavy atom. The average molecular weight is 453 g/mol. The number of rotatable bonds is 6. The molecule has 32 heavy (non-hydrogen) atoms. The molecule has 4 rings (SSSR count). The third kappa shape index (κ3) is 4.63. The van der Waals surface area contributed by atoms with Crippen molar-refractivity contribution in [1.29, 1.82) is 0 Å². The summed E-state index contributed by atoms with van der Waals surface area (Å²) in [7, 11) is 0. The van der Waals surface area contributed by atoms with Gasteiger partial charge in [-0.15, -0.1) is 6.58 Å². The molecule has 0 amide bonds. The first kappa shape index (κ1) is 23.7. The van der Waals surface area contributed by atoms with E-state index < -0.39 is 61.9 Å². The van der Waals surface area contributed by atoms with Gasteiger partial charge in [0.25, 0.3) is 0 Å². The van der Waals surface area contributed by atoms with Crippen LogP contribution in [0, 0.1) is 5.92 Å². The molecule has 3 aliphatic heterocycles. The maximum atomic E-state index is 10.5. The molecule has 0 spiro atoms. The molecule has 1 aromatic rings. The topological polar surface area (TPSA) is 127 Å². The molecule has 9 heteroatoms. The zero-order chi connectivity index (χ0) is 22.8. The van der Waals surface area contributed by atoms with E-state index >= 15 is 0 Å². The molecule has 0 bridgehead atoms. The van der Waals surface area contributed by atoms with Crippen molar-refractivity contribution < 1.29 is 44.1 Å². The van der Waals surface area contributed by atoms with Crippen LogP contribution in [0.5, 0.6) is 0 Å². The number of aliphatic hydroxyl groups is 4. The van der Waals surface area contributed by atoms with Crippen molar-refractivity contribution in [1.82, 2.24) is 0 Å². The second kappa shape index (κ2) is 10.3. The van der Waals surface area contributed by atoms with E-state index in [0.29, 0.717) is 13.0 Å². The molecule has 0 saturated carbocycles. The van der Waals surface area contributed by atoms with Crippen LogP contribution >= 0.6 is 0 Å². The minimum atomic E-state index is -1.52. The Labute approximate surface area is 187 Å². The summed E-state index contributed by atoms with van der Waals surface area (Å²) in [6.07, 6.45) is -6.77. The molecule has 9 nitrogen and oxygen atoms in total. The van der Waals surface area contributed by atoms with Crippen LogP contribution in [-0.4, -0.2) is 88.8 Å². The van der Waals surface area contributed by atoms with E-state index in [1.165, 1.54) is 0 Å². The molecule has 178 valence electrons. The Balaban J connectivity index is 1.56. The molecular weight excluding hydrogens is 420 g/mol. The summed E-state index contributed by atoms with van der Waals surface area (Å²) < 4.78 is 30.2. The molecule has 0 aromatic heterocycles. The summed E-state index contributed by atoms with van der Waals surface area (Å²) >= 11 is 0. The molecule has 0 radical (unpaired) electrons. The zero-order valence-corrected chi connectivity index (χ0v) is 18.0. The molecule has 3 heterocycles. The van der Waals surface area contributed by atoms with Gasteiger partial charge in [-0.25, -0.2) is 0 Å². The predicted octanol–water partition coefficient (Wildman–Crippen LogP) is 0.265. The van der Waals surface area contributed by atoms with Crippen LogP contribution < -0.4 is 0 Å². The van der Waals surface area contributed by atoms with Gasteiger partial charge in [-0.3, -0.25) is 0 Å². The first-order chi connectivity index (χ1) is 15.4. The predicted molar refractivity (Wildman–Crippen MR) is 111 cm³/mol. The van der Waals surface area contributed by atoms with Gasteiger partial charge in [0.1, 0.15) is 36.6 Å². The summed E-state index contributed by atoms with van der Waals surface area (Å²) in [5.41, 5.74) is 0.860. The van der Waals surface area contributed by atoms with Crippen LogP contribution in [0.3, 0.4) is 0 Å². The number of hydrogen-bond acceptors (Lipinski definition) is 9. The smallest absolute Gasteiger partial charge is 0.187 e. The molecule has 3 saturated heterocycles. The van der Waals surface area contributed by atoms with Crippen molar-refractivity contribution in [3.05, 3.63) is 48.6 Å². The number of fused-ring (bicyclic) bond motifs is 1. The van der Waals surface area contributed by atoms with Gasteiger partial charge in [0.2, 0.25) is 0 Å². The fourth-order valence-electron chi connectivity index (χ4n) is 4.57. The lowest BCUT2D eigenvalue weighted by Crippen LogP contribution is -2.64. The van der Waals surface area contributed by atoms with Gasteiger partial charge in [-0.05, 0) is 6.42 Å². The van der Waals surface area contributed by atoms with Gasteiger partial charge in [0.15, 0.2) is 12.6 Å². The Morgan fingerprint density at radius 2 is 1.78 bits per heavy atom. The summed E-state index contributed by atoms with van der Waals surface area (Å²) in [5.74, 6) is -0.170. The lowest BCUT2D eigenvalue weighted by molar-refractivity contribution is -0.365. The van der Waals surface area contributed by atoms with E-state index in [-0.39, 0.29) is 12.0 Å². The van der Waals surface area contributed by atoms with Gasteiger partial charge < -0.3 is 44.1 Å². The SMILES string of the molecule is C=CC[C@H]1O[C@@H]2COC(c3ccccc3)OC2C(OC2OC(CO)C(O)C(O)C2O)[C@H]1C. The van der Waals surface area contributed by atoms with Gasteiger partial charge in [-0.2, -0.15) is 0 Å². The van der Waals surface area contributed by atoms with E-state index in [4.69, 9.17) is 23.7 Å². The minimum absolute atomic E-state index is 0.170. The Hall–Kier alpha value is -1.40. The summed E-state index contributed by atoms with van der Waals surface area (Å²) in [5, 5.41) is 40.2. The van der Waals surface area contributed by atoms with Crippen molar-refractivity contribution in [2.75, 3.05) is 13.2 Å². The van der Waals surface area contributed by atoms with Gasteiger partial charge in [-0.1, -0.05) is 43.3 Å². The monoisotopic (exact) mass is 452 g/mol. The van der Waals surface area contributed by atoms with Crippen molar-refractivity contribution >= 4 is 0 Å². The molecule has 11 atom stereocenters. The van der Waals surface area contributed by atoms with Crippen LogP contribution in [-0.2, 0) is 23.7 Å². The van der Waals surface area contributed by atoms with Crippen LogP contribution in [0.2, 0.25) is 0 Å². The molecule has 4 N–H and O–H groups in total. The van der Waals surface area contributed by atoms with Crippen LogP contribution in [0.4, 0.5) is 0 Å².